The average molecular weight is 272 g/mol. The second kappa shape index (κ2) is 8.41. The summed E-state index contributed by atoms with van der Waals surface area (Å²) in [5.41, 5.74) is -0.441. The van der Waals surface area contributed by atoms with Gasteiger partial charge in [0.05, 0.1) is 0 Å². The third-order valence-corrected chi connectivity index (χ3v) is 3.03. The molecular weight excluding hydrogens is 240 g/mol. The highest BCUT2D eigenvalue weighted by atomic mass is 16.6. The lowest BCUT2D eigenvalue weighted by molar-refractivity contribution is 0.0520. The number of carbonyl (C=O) groups excluding carboxylic acids is 1. The minimum atomic E-state index is -0.441. The summed E-state index contributed by atoms with van der Waals surface area (Å²) < 4.78 is 5.24. The van der Waals surface area contributed by atoms with Gasteiger partial charge in [-0.25, -0.2) is 4.79 Å². The maximum absolute atomic E-state index is 11.6. The lowest BCUT2D eigenvalue weighted by atomic mass is 10.0. The molecule has 0 saturated heterocycles. The van der Waals surface area contributed by atoms with Crippen LogP contribution in [0.5, 0.6) is 0 Å². The van der Waals surface area contributed by atoms with Crippen LogP contribution in [0.15, 0.2) is 0 Å². The minimum Gasteiger partial charge on any atom is -0.444 e. The minimum absolute atomic E-state index is 0.301. The van der Waals surface area contributed by atoms with Crippen molar-refractivity contribution in [1.82, 2.24) is 10.6 Å². The van der Waals surface area contributed by atoms with Gasteiger partial charge in [0.25, 0.3) is 0 Å². The average Bonchev–Trinajstić information content (AvgIpc) is 2.23. The highest BCUT2D eigenvalue weighted by molar-refractivity contribution is 5.67. The van der Waals surface area contributed by atoms with Crippen molar-refractivity contribution >= 4 is 6.09 Å². The molecule has 0 heterocycles. The maximum Gasteiger partial charge on any atom is 0.407 e. The second-order valence-electron chi connectivity index (χ2n) is 6.57. The van der Waals surface area contributed by atoms with Crippen LogP contribution in [0.3, 0.4) is 0 Å². The Morgan fingerprint density at radius 3 is 2.21 bits per heavy atom. The summed E-state index contributed by atoms with van der Waals surface area (Å²) in [6.07, 6.45) is 1.80. The molecule has 1 amide bonds. The molecule has 0 bridgehead atoms. The van der Waals surface area contributed by atoms with Crippen molar-refractivity contribution in [2.75, 3.05) is 6.54 Å². The Hall–Kier alpha value is -0.770. The van der Waals surface area contributed by atoms with Crippen molar-refractivity contribution in [3.05, 3.63) is 0 Å². The molecule has 0 rings (SSSR count). The predicted octanol–water partition coefficient (Wildman–Crippen LogP) is 3.31. The van der Waals surface area contributed by atoms with Crippen molar-refractivity contribution in [2.24, 2.45) is 5.92 Å². The Morgan fingerprint density at radius 2 is 1.79 bits per heavy atom. The molecule has 0 fully saturated rings. The molecule has 114 valence electrons. The van der Waals surface area contributed by atoms with E-state index < -0.39 is 5.60 Å². The van der Waals surface area contributed by atoms with E-state index in [0.29, 0.717) is 24.5 Å². The van der Waals surface area contributed by atoms with Crippen LogP contribution in [0.4, 0.5) is 4.79 Å². The summed E-state index contributed by atoms with van der Waals surface area (Å²) in [6, 6.07) is 0.743. The topological polar surface area (TPSA) is 50.4 Å². The first-order chi connectivity index (χ1) is 8.65. The lowest BCUT2D eigenvalue weighted by Gasteiger charge is -2.26. The highest BCUT2D eigenvalue weighted by Crippen LogP contribution is 2.07. The molecule has 0 spiro atoms. The van der Waals surface area contributed by atoms with Gasteiger partial charge in [-0.05, 0) is 40.0 Å². The third kappa shape index (κ3) is 9.77. The fourth-order valence-electron chi connectivity index (χ4n) is 1.68. The van der Waals surface area contributed by atoms with Crippen LogP contribution < -0.4 is 10.6 Å². The second-order valence-corrected chi connectivity index (χ2v) is 6.57. The Labute approximate surface area is 118 Å². The van der Waals surface area contributed by atoms with Gasteiger partial charge in [0.15, 0.2) is 0 Å². The smallest absolute Gasteiger partial charge is 0.407 e. The van der Waals surface area contributed by atoms with Crippen LogP contribution in [0, 0.1) is 5.92 Å². The summed E-state index contributed by atoms with van der Waals surface area (Å²) in [5.74, 6) is 0.584. The van der Waals surface area contributed by atoms with Crippen molar-refractivity contribution in [1.29, 1.82) is 0 Å². The molecule has 0 aromatic rings. The largest absolute Gasteiger partial charge is 0.444 e. The van der Waals surface area contributed by atoms with Gasteiger partial charge >= 0.3 is 6.09 Å². The molecule has 0 aliphatic heterocycles. The first-order valence-electron chi connectivity index (χ1n) is 7.38. The van der Waals surface area contributed by atoms with Crippen LogP contribution >= 0.6 is 0 Å². The van der Waals surface area contributed by atoms with Gasteiger partial charge in [0.2, 0.25) is 0 Å². The summed E-state index contributed by atoms with van der Waals surface area (Å²) in [4.78, 5) is 11.6. The lowest BCUT2D eigenvalue weighted by Crippen LogP contribution is -2.47. The van der Waals surface area contributed by atoms with E-state index in [9.17, 15) is 4.79 Å². The van der Waals surface area contributed by atoms with Gasteiger partial charge in [-0.15, -0.1) is 0 Å². The van der Waals surface area contributed by atoms with Crippen LogP contribution in [0.1, 0.15) is 61.3 Å². The zero-order valence-electron chi connectivity index (χ0n) is 13.7. The van der Waals surface area contributed by atoms with E-state index in [1.165, 1.54) is 0 Å². The van der Waals surface area contributed by atoms with E-state index in [1.807, 2.05) is 20.8 Å². The molecule has 4 heteroatoms. The zero-order valence-corrected chi connectivity index (χ0v) is 13.7. The molecule has 2 N–H and O–H groups in total. The molecule has 0 aromatic carbocycles. The van der Waals surface area contributed by atoms with Crippen molar-refractivity contribution < 1.29 is 9.53 Å². The fraction of sp³-hybridized carbons (Fsp3) is 0.933. The molecule has 0 aliphatic carbocycles. The number of ether oxygens (including phenoxy) is 1. The molecule has 0 aliphatic rings. The van der Waals surface area contributed by atoms with Gasteiger partial charge in [-0.3, -0.25) is 0 Å². The Balaban J connectivity index is 4.17. The SMILES string of the molecule is CCCC(CNC(=O)OC(C)(C)C)NC(C)C(C)C. The van der Waals surface area contributed by atoms with E-state index in [4.69, 9.17) is 4.74 Å². The van der Waals surface area contributed by atoms with E-state index in [0.717, 1.165) is 12.8 Å². The summed E-state index contributed by atoms with van der Waals surface area (Å²) in [6.45, 7) is 15.0. The molecule has 0 saturated carbocycles. The van der Waals surface area contributed by atoms with Crippen molar-refractivity contribution in [2.45, 2.75) is 79.0 Å². The van der Waals surface area contributed by atoms with Crippen LogP contribution in [-0.4, -0.2) is 30.3 Å². The number of amides is 1. The predicted molar refractivity (Wildman–Crippen MR) is 80.4 cm³/mol. The van der Waals surface area contributed by atoms with Crippen LogP contribution in [0.25, 0.3) is 0 Å². The quantitative estimate of drug-likeness (QED) is 0.747. The van der Waals surface area contributed by atoms with Gasteiger partial charge in [-0.1, -0.05) is 27.2 Å². The number of hydrogen-bond donors (Lipinski definition) is 2. The number of hydrogen-bond acceptors (Lipinski definition) is 3. The van der Waals surface area contributed by atoms with Gasteiger partial charge in [-0.2, -0.15) is 0 Å². The van der Waals surface area contributed by atoms with Gasteiger partial charge in [0.1, 0.15) is 5.60 Å². The molecule has 0 radical (unpaired) electrons. The van der Waals surface area contributed by atoms with E-state index in [-0.39, 0.29) is 6.09 Å². The Bertz CT molecular complexity index is 259. The van der Waals surface area contributed by atoms with Crippen LogP contribution in [0.2, 0.25) is 0 Å². The standard InChI is InChI=1S/C15H32N2O2/c1-8-9-13(17-12(4)11(2)3)10-16-14(18)19-15(5,6)7/h11-13,17H,8-10H2,1-7H3,(H,16,18). The maximum atomic E-state index is 11.6. The van der Waals surface area contributed by atoms with Gasteiger partial charge in [0, 0.05) is 18.6 Å². The number of carbonyl (C=O) groups is 1. The molecule has 4 nitrogen and oxygen atoms in total. The first-order valence-corrected chi connectivity index (χ1v) is 7.38. The molecule has 19 heavy (non-hydrogen) atoms. The Morgan fingerprint density at radius 1 is 1.21 bits per heavy atom. The normalized spacial score (nSPS) is 15.2. The molecule has 0 aromatic heterocycles. The Kier molecular flexibility index (Phi) is 8.07. The van der Waals surface area contributed by atoms with E-state index >= 15 is 0 Å². The highest BCUT2D eigenvalue weighted by Gasteiger charge is 2.18. The number of alkyl carbamates (subject to hydrolysis) is 1. The van der Waals surface area contributed by atoms with E-state index in [2.05, 4.69) is 38.3 Å². The summed E-state index contributed by atoms with van der Waals surface area (Å²) >= 11 is 0. The summed E-state index contributed by atoms with van der Waals surface area (Å²) in [7, 11) is 0. The van der Waals surface area contributed by atoms with E-state index in [1.54, 1.807) is 0 Å². The fourth-order valence-corrected chi connectivity index (χ4v) is 1.68. The first kappa shape index (κ1) is 18.2. The van der Waals surface area contributed by atoms with Gasteiger partial charge < -0.3 is 15.4 Å². The van der Waals surface area contributed by atoms with Crippen molar-refractivity contribution in [3.63, 3.8) is 0 Å². The van der Waals surface area contributed by atoms with Crippen molar-refractivity contribution in [3.8, 4) is 0 Å². The number of rotatable bonds is 7. The third-order valence-electron chi connectivity index (χ3n) is 3.03. The molecule has 2 unspecified atom stereocenters. The zero-order chi connectivity index (χ0) is 15.1. The van der Waals surface area contributed by atoms with Crippen LogP contribution in [-0.2, 0) is 4.74 Å². The monoisotopic (exact) mass is 272 g/mol. The number of nitrogens with one attached hydrogen (secondary N) is 2. The molecular formula is C15H32N2O2. The molecule has 2 atom stereocenters. The summed E-state index contributed by atoms with van der Waals surface area (Å²) in [5, 5.41) is 6.41.